The number of nitrogens with zero attached hydrogens (tertiary/aromatic N) is 1. The summed E-state index contributed by atoms with van der Waals surface area (Å²) in [4.78, 5) is 14.8. The molecule has 0 aliphatic heterocycles. The summed E-state index contributed by atoms with van der Waals surface area (Å²) in [6.07, 6.45) is 1.61. The summed E-state index contributed by atoms with van der Waals surface area (Å²) in [5, 5.41) is 9.88. The van der Waals surface area contributed by atoms with E-state index in [1.165, 1.54) is 10.8 Å². The Kier molecular flexibility index (Phi) is 4.28. The molecule has 3 nitrogen and oxygen atoms in total. The van der Waals surface area contributed by atoms with Crippen LogP contribution in [-0.2, 0) is 0 Å². The molecule has 0 spiro atoms. The van der Waals surface area contributed by atoms with Gasteiger partial charge in [-0.3, -0.25) is 0 Å². The highest BCUT2D eigenvalue weighted by Gasteiger charge is 2.11. The Bertz CT molecular complexity index is 328. The molecule has 0 fully saturated rings. The molecule has 0 aromatic carbocycles. The van der Waals surface area contributed by atoms with Gasteiger partial charge in [0.2, 0.25) is 0 Å². The Morgan fingerprint density at radius 2 is 2.29 bits per heavy atom. The van der Waals surface area contributed by atoms with Gasteiger partial charge in [0.1, 0.15) is 5.03 Å². The number of aromatic nitrogens is 1. The monoisotopic (exact) mass is 229 g/mol. The average Bonchev–Trinajstić information content (AvgIpc) is 2.15. The Morgan fingerprint density at radius 1 is 1.57 bits per heavy atom. The van der Waals surface area contributed by atoms with Crippen LogP contribution in [0.2, 0.25) is 0 Å². The molecule has 1 heterocycles. The molecule has 0 saturated carbocycles. The number of hydrogen-bond acceptors (Lipinski definition) is 4. The lowest BCUT2D eigenvalue weighted by atomic mass is 10.3. The van der Waals surface area contributed by atoms with E-state index in [2.05, 4.69) is 18.8 Å². The second kappa shape index (κ2) is 5.26. The van der Waals surface area contributed by atoms with Crippen molar-refractivity contribution in [1.82, 2.24) is 4.98 Å². The van der Waals surface area contributed by atoms with E-state index < -0.39 is 5.97 Å². The molecule has 14 heavy (non-hydrogen) atoms. The summed E-state index contributed by atoms with van der Waals surface area (Å²) < 4.78 is 0. The molecule has 0 atom stereocenters. The van der Waals surface area contributed by atoms with Crippen molar-refractivity contribution < 1.29 is 9.90 Å². The predicted octanol–water partition coefficient (Wildman–Crippen LogP) is 2.93. The molecule has 1 aromatic heterocycles. The van der Waals surface area contributed by atoms with Gasteiger partial charge in [0.05, 0.1) is 5.56 Å². The van der Waals surface area contributed by atoms with Gasteiger partial charge in [-0.1, -0.05) is 24.6 Å². The first-order valence-corrected chi connectivity index (χ1v) is 6.34. The fraction of sp³-hybridized carbons (Fsp3) is 0.333. The highest BCUT2D eigenvalue weighted by Crippen LogP contribution is 2.34. The SMILES string of the molecule is CC(C)SSc1ncccc1C(=O)O. The molecule has 0 amide bonds. The van der Waals surface area contributed by atoms with Crippen LogP contribution in [0.4, 0.5) is 0 Å². The Labute approximate surface area is 90.7 Å². The van der Waals surface area contributed by atoms with E-state index in [-0.39, 0.29) is 5.56 Å². The molecule has 0 radical (unpaired) electrons. The van der Waals surface area contributed by atoms with E-state index in [1.54, 1.807) is 29.1 Å². The van der Waals surface area contributed by atoms with E-state index in [4.69, 9.17) is 5.11 Å². The average molecular weight is 229 g/mol. The van der Waals surface area contributed by atoms with Crippen molar-refractivity contribution >= 4 is 27.6 Å². The number of rotatable bonds is 4. The minimum atomic E-state index is -0.926. The van der Waals surface area contributed by atoms with Crippen LogP contribution >= 0.6 is 21.6 Å². The Hall–Kier alpha value is -0.680. The third-order valence-electron chi connectivity index (χ3n) is 1.32. The number of pyridine rings is 1. The zero-order valence-electron chi connectivity index (χ0n) is 7.93. The third-order valence-corrected chi connectivity index (χ3v) is 4.20. The summed E-state index contributed by atoms with van der Waals surface area (Å²) in [7, 11) is 3.01. The Balaban J connectivity index is 2.79. The quantitative estimate of drug-likeness (QED) is 0.804. The zero-order chi connectivity index (χ0) is 10.6. The van der Waals surface area contributed by atoms with Crippen molar-refractivity contribution in [3.8, 4) is 0 Å². The normalized spacial score (nSPS) is 10.5. The lowest BCUT2D eigenvalue weighted by molar-refractivity contribution is 0.0692. The summed E-state index contributed by atoms with van der Waals surface area (Å²) >= 11 is 0. The molecule has 0 aliphatic carbocycles. The molecule has 0 saturated heterocycles. The van der Waals surface area contributed by atoms with Crippen LogP contribution in [0.1, 0.15) is 24.2 Å². The summed E-state index contributed by atoms with van der Waals surface area (Å²) in [5.74, 6) is -0.926. The lowest BCUT2D eigenvalue weighted by Crippen LogP contribution is -1.99. The highest BCUT2D eigenvalue weighted by atomic mass is 33.1. The smallest absolute Gasteiger partial charge is 0.338 e. The maximum absolute atomic E-state index is 10.8. The van der Waals surface area contributed by atoms with Crippen molar-refractivity contribution in [1.29, 1.82) is 0 Å². The lowest BCUT2D eigenvalue weighted by Gasteiger charge is -2.05. The summed E-state index contributed by atoms with van der Waals surface area (Å²) in [6, 6.07) is 3.20. The number of carbonyl (C=O) groups is 1. The third kappa shape index (κ3) is 3.23. The highest BCUT2D eigenvalue weighted by molar-refractivity contribution is 8.76. The van der Waals surface area contributed by atoms with Gasteiger partial charge < -0.3 is 5.11 Å². The van der Waals surface area contributed by atoms with Gasteiger partial charge in [-0.05, 0) is 22.9 Å². The molecule has 0 unspecified atom stereocenters. The first-order chi connectivity index (χ1) is 6.61. The summed E-state index contributed by atoms with van der Waals surface area (Å²) in [5.41, 5.74) is 0.269. The van der Waals surface area contributed by atoms with Crippen LogP contribution in [0.5, 0.6) is 0 Å². The van der Waals surface area contributed by atoms with E-state index in [9.17, 15) is 4.79 Å². The van der Waals surface area contributed by atoms with E-state index >= 15 is 0 Å². The first-order valence-electron chi connectivity index (χ1n) is 4.13. The van der Waals surface area contributed by atoms with Gasteiger partial charge >= 0.3 is 5.97 Å². The number of carboxylic acid groups (broad SMARTS) is 1. The maximum atomic E-state index is 10.8. The van der Waals surface area contributed by atoms with Crippen LogP contribution in [0.25, 0.3) is 0 Å². The van der Waals surface area contributed by atoms with Crippen molar-refractivity contribution in [3.63, 3.8) is 0 Å². The molecule has 1 N–H and O–H groups in total. The van der Waals surface area contributed by atoms with Crippen molar-refractivity contribution in [2.24, 2.45) is 0 Å². The molecular weight excluding hydrogens is 218 g/mol. The minimum absolute atomic E-state index is 0.269. The second-order valence-corrected chi connectivity index (χ2v) is 5.66. The van der Waals surface area contributed by atoms with Crippen LogP contribution in [0.15, 0.2) is 23.4 Å². The molecule has 76 valence electrons. The van der Waals surface area contributed by atoms with Gasteiger partial charge in [0.25, 0.3) is 0 Å². The van der Waals surface area contributed by atoms with Crippen LogP contribution in [0, 0.1) is 0 Å². The zero-order valence-corrected chi connectivity index (χ0v) is 9.56. The van der Waals surface area contributed by atoms with E-state index in [0.717, 1.165) is 0 Å². The van der Waals surface area contributed by atoms with Crippen LogP contribution in [0.3, 0.4) is 0 Å². The molecule has 0 bridgehead atoms. The standard InChI is InChI=1S/C9H11NO2S2/c1-6(2)13-14-8-7(9(11)12)4-3-5-10-8/h3-6H,1-2H3,(H,11,12). The largest absolute Gasteiger partial charge is 0.478 e. The van der Waals surface area contributed by atoms with Crippen LogP contribution in [-0.4, -0.2) is 21.3 Å². The van der Waals surface area contributed by atoms with Gasteiger partial charge in [-0.25, -0.2) is 9.78 Å². The van der Waals surface area contributed by atoms with Gasteiger partial charge in [0, 0.05) is 11.4 Å². The maximum Gasteiger partial charge on any atom is 0.338 e. The first kappa shape index (κ1) is 11.4. The van der Waals surface area contributed by atoms with E-state index in [0.29, 0.717) is 10.3 Å². The number of carboxylic acids is 1. The minimum Gasteiger partial charge on any atom is -0.478 e. The number of aromatic carboxylic acids is 1. The fourth-order valence-corrected chi connectivity index (χ4v) is 2.64. The second-order valence-electron chi connectivity index (χ2n) is 2.89. The summed E-state index contributed by atoms with van der Waals surface area (Å²) in [6.45, 7) is 4.11. The fourth-order valence-electron chi connectivity index (χ4n) is 0.762. The molecule has 1 rings (SSSR count). The number of hydrogen-bond donors (Lipinski definition) is 1. The van der Waals surface area contributed by atoms with Crippen molar-refractivity contribution in [2.75, 3.05) is 0 Å². The van der Waals surface area contributed by atoms with Crippen LogP contribution < -0.4 is 0 Å². The van der Waals surface area contributed by atoms with Gasteiger partial charge in [-0.15, -0.1) is 0 Å². The van der Waals surface area contributed by atoms with E-state index in [1.807, 2.05) is 0 Å². The molecular formula is C9H11NO2S2. The molecule has 5 heteroatoms. The molecule has 1 aromatic rings. The predicted molar refractivity (Wildman–Crippen MR) is 59.8 cm³/mol. The van der Waals surface area contributed by atoms with Gasteiger partial charge in [-0.2, -0.15) is 0 Å². The topological polar surface area (TPSA) is 50.2 Å². The van der Waals surface area contributed by atoms with Crippen molar-refractivity contribution in [3.05, 3.63) is 23.9 Å². The Morgan fingerprint density at radius 3 is 2.86 bits per heavy atom. The molecule has 0 aliphatic rings. The van der Waals surface area contributed by atoms with Gasteiger partial charge in [0.15, 0.2) is 0 Å². The van der Waals surface area contributed by atoms with Crippen molar-refractivity contribution in [2.45, 2.75) is 24.1 Å².